The van der Waals surface area contributed by atoms with Crippen LogP contribution in [0.5, 0.6) is 0 Å². The van der Waals surface area contributed by atoms with Crippen molar-refractivity contribution in [2.45, 2.75) is 12.1 Å². The highest BCUT2D eigenvalue weighted by molar-refractivity contribution is 6.09. The van der Waals surface area contributed by atoms with E-state index in [0.29, 0.717) is 0 Å². The maximum absolute atomic E-state index is 13.5. The number of hydrogen-bond donors (Lipinski definition) is 2. The molecule has 0 aliphatic heterocycles. The molecule has 2 atom stereocenters. The second-order valence-corrected chi connectivity index (χ2v) is 6.88. The smallest absolute Gasteiger partial charge is 0.407 e. The van der Waals surface area contributed by atoms with Gasteiger partial charge in [0.25, 0.3) is 0 Å². The molecule has 2 aromatic rings. The summed E-state index contributed by atoms with van der Waals surface area (Å²) in [6, 6.07) is 14.2. The summed E-state index contributed by atoms with van der Waals surface area (Å²) in [4.78, 5) is 37.6. The van der Waals surface area contributed by atoms with Crippen LogP contribution in [-0.4, -0.2) is 29.7 Å². The minimum Gasteiger partial charge on any atom is -0.445 e. The van der Waals surface area contributed by atoms with Crippen LogP contribution in [0.4, 0.5) is 9.18 Å². The van der Waals surface area contributed by atoms with Crippen molar-refractivity contribution in [1.82, 2.24) is 5.32 Å². The lowest BCUT2D eigenvalue weighted by atomic mass is 9.74. The molecule has 1 aliphatic carbocycles. The van der Waals surface area contributed by atoms with Crippen molar-refractivity contribution >= 4 is 17.7 Å². The van der Waals surface area contributed by atoms with Crippen LogP contribution >= 0.6 is 0 Å². The molecule has 0 heterocycles. The number of Topliss-reactive ketones (excluding diaryl/α,β-unsaturated/α-hetero) is 2. The number of ether oxygens (including phenoxy) is 1. The Hall–Kier alpha value is -3.58. The number of carbonyl (C=O) groups is 3. The molecule has 0 radical (unpaired) electrons. The van der Waals surface area contributed by atoms with Gasteiger partial charge < -0.3 is 15.8 Å². The molecular weight excluding hydrogens is 387 g/mol. The third kappa shape index (κ3) is 4.87. The first-order valence-electron chi connectivity index (χ1n) is 9.32. The predicted octanol–water partition coefficient (Wildman–Crippen LogP) is 2.94. The van der Waals surface area contributed by atoms with Gasteiger partial charge in [-0.1, -0.05) is 66.8 Å². The minimum absolute atomic E-state index is 0.0606. The molecule has 0 fully saturated rings. The number of rotatable bonds is 7. The molecule has 0 saturated carbocycles. The molecular formula is C23H21FN2O4. The van der Waals surface area contributed by atoms with Crippen molar-refractivity contribution in [2.75, 3.05) is 6.54 Å². The number of ketones is 2. The number of amides is 1. The lowest BCUT2D eigenvalue weighted by Gasteiger charge is -2.32. The highest BCUT2D eigenvalue weighted by atomic mass is 19.1. The Balaban J connectivity index is 1.63. The van der Waals surface area contributed by atoms with E-state index >= 15 is 0 Å². The van der Waals surface area contributed by atoms with Crippen LogP contribution in [0.15, 0.2) is 78.9 Å². The van der Waals surface area contributed by atoms with Crippen LogP contribution in [0.1, 0.15) is 15.9 Å². The largest absolute Gasteiger partial charge is 0.445 e. The number of allylic oxidation sites excluding steroid dienone is 2. The van der Waals surface area contributed by atoms with Crippen molar-refractivity contribution in [2.24, 2.45) is 11.7 Å². The minimum atomic E-state index is -1.69. The molecule has 30 heavy (non-hydrogen) atoms. The van der Waals surface area contributed by atoms with Crippen molar-refractivity contribution in [1.29, 1.82) is 0 Å². The summed E-state index contributed by atoms with van der Waals surface area (Å²) < 4.78 is 18.6. The van der Waals surface area contributed by atoms with Gasteiger partial charge in [0, 0.05) is 5.56 Å². The molecule has 154 valence electrons. The summed E-state index contributed by atoms with van der Waals surface area (Å²) in [6.07, 6.45) is 5.30. The molecule has 0 spiro atoms. The average molecular weight is 408 g/mol. The summed E-state index contributed by atoms with van der Waals surface area (Å²) in [5.74, 6) is -2.66. The number of benzene rings is 2. The monoisotopic (exact) mass is 408 g/mol. The fourth-order valence-electron chi connectivity index (χ4n) is 3.17. The van der Waals surface area contributed by atoms with Gasteiger partial charge in [-0.25, -0.2) is 9.18 Å². The number of nitrogens with one attached hydrogen (secondary N) is 1. The van der Waals surface area contributed by atoms with E-state index in [2.05, 4.69) is 5.32 Å². The van der Waals surface area contributed by atoms with Crippen LogP contribution in [0.3, 0.4) is 0 Å². The number of halogens is 1. The normalized spacial score (nSPS) is 19.9. The van der Waals surface area contributed by atoms with Gasteiger partial charge in [0.15, 0.2) is 11.6 Å². The SMILES string of the molecule is NC1(C(=O)c2cccc(F)c2)C=CC=CC1C(=O)CNC(=O)OCc1ccccc1. The second kappa shape index (κ2) is 9.28. The van der Waals surface area contributed by atoms with Crippen LogP contribution in [0, 0.1) is 11.7 Å². The Bertz CT molecular complexity index is 1000. The highest BCUT2D eigenvalue weighted by Gasteiger charge is 2.43. The van der Waals surface area contributed by atoms with Crippen LogP contribution in [0.2, 0.25) is 0 Å². The van der Waals surface area contributed by atoms with Crippen LogP contribution in [-0.2, 0) is 16.1 Å². The topological polar surface area (TPSA) is 98.5 Å². The number of alkyl carbamates (subject to hydrolysis) is 1. The highest BCUT2D eigenvalue weighted by Crippen LogP contribution is 2.27. The van der Waals surface area contributed by atoms with Crippen molar-refractivity contribution < 1.29 is 23.5 Å². The molecule has 6 nitrogen and oxygen atoms in total. The summed E-state index contributed by atoms with van der Waals surface area (Å²) in [7, 11) is 0. The molecule has 0 saturated heterocycles. The van der Waals surface area contributed by atoms with Crippen molar-refractivity contribution in [3.05, 3.63) is 95.8 Å². The first-order chi connectivity index (χ1) is 14.4. The predicted molar refractivity (Wildman–Crippen MR) is 109 cm³/mol. The van der Waals surface area contributed by atoms with E-state index in [4.69, 9.17) is 10.5 Å². The Labute approximate surface area is 173 Å². The lowest BCUT2D eigenvalue weighted by Crippen LogP contribution is -2.56. The lowest BCUT2D eigenvalue weighted by molar-refractivity contribution is -0.121. The zero-order valence-corrected chi connectivity index (χ0v) is 16.1. The fraction of sp³-hybridized carbons (Fsp3) is 0.174. The van der Waals surface area contributed by atoms with E-state index in [9.17, 15) is 18.8 Å². The van der Waals surface area contributed by atoms with Gasteiger partial charge in [-0.05, 0) is 17.7 Å². The van der Waals surface area contributed by atoms with Gasteiger partial charge in [-0.3, -0.25) is 9.59 Å². The van der Waals surface area contributed by atoms with E-state index < -0.39 is 34.9 Å². The number of hydrogen-bond acceptors (Lipinski definition) is 5. The van der Waals surface area contributed by atoms with Gasteiger partial charge >= 0.3 is 6.09 Å². The third-order valence-electron chi connectivity index (χ3n) is 4.75. The van der Waals surface area contributed by atoms with Crippen LogP contribution in [0.25, 0.3) is 0 Å². The Morgan fingerprint density at radius 2 is 1.83 bits per heavy atom. The zero-order chi connectivity index (χ0) is 21.6. The Morgan fingerprint density at radius 3 is 2.57 bits per heavy atom. The molecule has 1 aliphatic rings. The standard InChI is InChI=1S/C23H21FN2O4/c24-18-10-6-9-17(13-18)21(28)23(25)12-5-4-11-19(23)20(27)14-26-22(29)30-15-16-7-2-1-3-8-16/h1-13,19H,14-15,25H2,(H,26,29). The molecule has 2 aromatic carbocycles. The van der Waals surface area contributed by atoms with Gasteiger partial charge in [0.2, 0.25) is 0 Å². The average Bonchev–Trinajstić information content (AvgIpc) is 2.76. The van der Waals surface area contributed by atoms with Crippen LogP contribution < -0.4 is 11.1 Å². The van der Waals surface area contributed by atoms with Gasteiger partial charge in [0.1, 0.15) is 18.0 Å². The Morgan fingerprint density at radius 1 is 1.07 bits per heavy atom. The van der Waals surface area contributed by atoms with E-state index in [-0.39, 0.29) is 18.7 Å². The molecule has 3 N–H and O–H groups in total. The third-order valence-corrected chi connectivity index (χ3v) is 4.75. The van der Waals surface area contributed by atoms with Crippen molar-refractivity contribution in [3.8, 4) is 0 Å². The van der Waals surface area contributed by atoms with E-state index in [1.54, 1.807) is 24.3 Å². The number of carbonyl (C=O) groups excluding carboxylic acids is 3. The maximum Gasteiger partial charge on any atom is 0.407 e. The molecule has 7 heteroatoms. The molecule has 2 unspecified atom stereocenters. The number of nitrogens with two attached hydrogens (primary N) is 1. The van der Waals surface area contributed by atoms with Crippen molar-refractivity contribution in [3.63, 3.8) is 0 Å². The second-order valence-electron chi connectivity index (χ2n) is 6.88. The fourth-order valence-corrected chi connectivity index (χ4v) is 3.17. The van der Waals surface area contributed by atoms with Gasteiger partial charge in [-0.2, -0.15) is 0 Å². The zero-order valence-electron chi connectivity index (χ0n) is 16.1. The molecule has 0 bridgehead atoms. The van der Waals surface area contributed by atoms with Gasteiger partial charge in [0.05, 0.1) is 12.5 Å². The summed E-state index contributed by atoms with van der Waals surface area (Å²) in [5, 5.41) is 2.38. The summed E-state index contributed by atoms with van der Waals surface area (Å²) in [6.45, 7) is -0.308. The first-order valence-corrected chi connectivity index (χ1v) is 9.32. The van der Waals surface area contributed by atoms with E-state index in [1.165, 1.54) is 30.4 Å². The van der Waals surface area contributed by atoms with E-state index in [1.807, 2.05) is 18.2 Å². The van der Waals surface area contributed by atoms with E-state index in [0.717, 1.165) is 11.6 Å². The van der Waals surface area contributed by atoms with Gasteiger partial charge in [-0.15, -0.1) is 0 Å². The molecule has 1 amide bonds. The maximum atomic E-state index is 13.5. The molecule has 0 aromatic heterocycles. The Kier molecular flexibility index (Phi) is 6.54. The summed E-state index contributed by atoms with van der Waals surface area (Å²) in [5.41, 5.74) is 5.48. The quantitative estimate of drug-likeness (QED) is 0.687. The summed E-state index contributed by atoms with van der Waals surface area (Å²) >= 11 is 0. The first kappa shape index (κ1) is 21.1. The molecule has 3 rings (SSSR count).